The number of nitrogens with one attached hydrogen (secondary N) is 1. The lowest BCUT2D eigenvalue weighted by molar-refractivity contribution is 0.769. The predicted molar refractivity (Wildman–Crippen MR) is 67.6 cm³/mol. The summed E-state index contributed by atoms with van der Waals surface area (Å²) in [5, 5.41) is 3.46. The molecule has 1 unspecified atom stereocenters. The van der Waals surface area contributed by atoms with Crippen LogP contribution in [0.4, 0.5) is 0 Å². The minimum atomic E-state index is 0.280. The van der Waals surface area contributed by atoms with Gasteiger partial charge in [-0.3, -0.25) is 0 Å². The maximum Gasteiger partial charge on any atom is 0.0629 e. The van der Waals surface area contributed by atoms with E-state index in [1.165, 1.54) is 17.7 Å². The monoisotopic (exact) mass is 203 g/mol. The highest BCUT2D eigenvalue weighted by Gasteiger charge is 2.10. The molecule has 1 rings (SSSR count). The molecule has 0 fully saturated rings. The van der Waals surface area contributed by atoms with Gasteiger partial charge in [0.25, 0.3) is 0 Å². The quantitative estimate of drug-likeness (QED) is 0.687. The Hall–Kier alpha value is -1.24. The molecule has 0 aromatic rings. The Labute approximate surface area is 93.3 Å². The molecule has 1 atom stereocenters. The molecule has 1 aliphatic rings. The largest absolute Gasteiger partial charge is 0.375 e. The lowest BCUT2D eigenvalue weighted by atomic mass is 10.0. The van der Waals surface area contributed by atoms with Crippen LogP contribution in [-0.4, -0.2) is 6.04 Å². The first-order chi connectivity index (χ1) is 7.31. The second-order valence-electron chi connectivity index (χ2n) is 3.74. The first kappa shape index (κ1) is 11.8. The summed E-state index contributed by atoms with van der Waals surface area (Å²) < 4.78 is 0. The van der Waals surface area contributed by atoms with Gasteiger partial charge in [-0.2, -0.15) is 0 Å². The summed E-state index contributed by atoms with van der Waals surface area (Å²) in [4.78, 5) is 0. The third-order valence-electron chi connectivity index (χ3n) is 2.43. The Bertz CT molecular complexity index is 294. The van der Waals surface area contributed by atoms with E-state index in [1.54, 1.807) is 0 Å². The molecule has 1 N–H and O–H groups in total. The first-order valence-electron chi connectivity index (χ1n) is 5.79. The van der Waals surface area contributed by atoms with Crippen LogP contribution in [0.2, 0.25) is 0 Å². The SMILES string of the molecule is C=CC1C=CC(=C/CC)/C(=C\CCC)N1. The topological polar surface area (TPSA) is 12.0 Å². The van der Waals surface area contributed by atoms with Gasteiger partial charge in [0, 0.05) is 5.70 Å². The number of allylic oxidation sites excluding steroid dienone is 3. The normalized spacial score (nSPS) is 25.6. The fraction of sp³-hybridized carbons (Fsp3) is 0.429. The highest BCUT2D eigenvalue weighted by Crippen LogP contribution is 2.17. The van der Waals surface area contributed by atoms with Gasteiger partial charge in [-0.1, -0.05) is 50.6 Å². The maximum absolute atomic E-state index is 3.81. The summed E-state index contributed by atoms with van der Waals surface area (Å²) in [6.07, 6.45) is 14.2. The average molecular weight is 203 g/mol. The molecule has 0 aromatic carbocycles. The van der Waals surface area contributed by atoms with Crippen LogP contribution in [0, 0.1) is 0 Å². The molecular formula is C14H21N. The summed E-state index contributed by atoms with van der Waals surface area (Å²) >= 11 is 0. The number of hydrogen-bond donors (Lipinski definition) is 1. The number of unbranched alkanes of at least 4 members (excludes halogenated alkanes) is 1. The molecule has 15 heavy (non-hydrogen) atoms. The molecule has 0 aromatic heterocycles. The predicted octanol–water partition coefficient (Wildman–Crippen LogP) is 3.72. The van der Waals surface area contributed by atoms with Crippen LogP contribution < -0.4 is 5.32 Å². The van der Waals surface area contributed by atoms with Gasteiger partial charge >= 0.3 is 0 Å². The van der Waals surface area contributed by atoms with Crippen molar-refractivity contribution in [2.45, 2.75) is 39.2 Å². The highest BCUT2D eigenvalue weighted by molar-refractivity contribution is 5.43. The Morgan fingerprint density at radius 1 is 1.40 bits per heavy atom. The molecule has 1 heteroatoms. The lowest BCUT2D eigenvalue weighted by Gasteiger charge is -2.22. The van der Waals surface area contributed by atoms with E-state index in [-0.39, 0.29) is 6.04 Å². The van der Waals surface area contributed by atoms with Crippen LogP contribution in [-0.2, 0) is 0 Å². The Kier molecular flexibility index (Phi) is 4.96. The molecule has 1 heterocycles. The average Bonchev–Trinajstić information content (AvgIpc) is 2.28. The van der Waals surface area contributed by atoms with Crippen molar-refractivity contribution in [3.8, 4) is 0 Å². The molecule has 1 aliphatic heterocycles. The van der Waals surface area contributed by atoms with E-state index in [4.69, 9.17) is 0 Å². The molecule has 0 bridgehead atoms. The second kappa shape index (κ2) is 6.28. The van der Waals surface area contributed by atoms with Crippen molar-refractivity contribution in [2.75, 3.05) is 0 Å². The second-order valence-corrected chi connectivity index (χ2v) is 3.74. The number of rotatable bonds is 4. The Morgan fingerprint density at radius 3 is 2.80 bits per heavy atom. The Balaban J connectivity index is 2.85. The smallest absolute Gasteiger partial charge is 0.0629 e. The molecule has 1 nitrogen and oxygen atoms in total. The molecule has 0 radical (unpaired) electrons. The van der Waals surface area contributed by atoms with E-state index >= 15 is 0 Å². The molecule has 0 amide bonds. The van der Waals surface area contributed by atoms with Crippen LogP contribution in [0.15, 0.2) is 48.2 Å². The van der Waals surface area contributed by atoms with Crippen molar-refractivity contribution < 1.29 is 0 Å². The summed E-state index contributed by atoms with van der Waals surface area (Å²) in [5.74, 6) is 0. The van der Waals surface area contributed by atoms with Crippen LogP contribution in [0.3, 0.4) is 0 Å². The van der Waals surface area contributed by atoms with E-state index < -0.39 is 0 Å². The van der Waals surface area contributed by atoms with Gasteiger partial charge in [-0.15, -0.1) is 6.58 Å². The lowest BCUT2D eigenvalue weighted by Crippen LogP contribution is -2.28. The molecule has 0 aliphatic carbocycles. The fourth-order valence-electron chi connectivity index (χ4n) is 1.61. The Morgan fingerprint density at radius 2 is 2.20 bits per heavy atom. The minimum Gasteiger partial charge on any atom is -0.375 e. The summed E-state index contributed by atoms with van der Waals surface area (Å²) in [6.45, 7) is 8.17. The van der Waals surface area contributed by atoms with Crippen molar-refractivity contribution in [1.29, 1.82) is 0 Å². The van der Waals surface area contributed by atoms with Crippen LogP contribution in [0.1, 0.15) is 33.1 Å². The van der Waals surface area contributed by atoms with Gasteiger partial charge in [0.2, 0.25) is 0 Å². The van der Waals surface area contributed by atoms with Gasteiger partial charge in [-0.25, -0.2) is 0 Å². The molecule has 0 saturated carbocycles. The van der Waals surface area contributed by atoms with Gasteiger partial charge in [-0.05, 0) is 18.4 Å². The van der Waals surface area contributed by atoms with Gasteiger partial charge < -0.3 is 5.32 Å². The highest BCUT2D eigenvalue weighted by atomic mass is 14.9. The van der Waals surface area contributed by atoms with Crippen LogP contribution >= 0.6 is 0 Å². The van der Waals surface area contributed by atoms with E-state index in [2.05, 4.69) is 50.0 Å². The molecular weight excluding hydrogens is 182 g/mol. The first-order valence-corrected chi connectivity index (χ1v) is 5.79. The van der Waals surface area contributed by atoms with Gasteiger partial charge in [0.1, 0.15) is 0 Å². The molecule has 0 saturated heterocycles. The van der Waals surface area contributed by atoms with E-state index in [0.717, 1.165) is 12.8 Å². The standard InChI is InChI=1S/C14H21N/c1-4-7-9-14-12(8-5-2)10-11-13(6-3)15-14/h6,8-11,13,15H,3-5,7H2,1-2H3/b12-8-,14-9+. The van der Waals surface area contributed by atoms with Crippen LogP contribution in [0.25, 0.3) is 0 Å². The molecule has 82 valence electrons. The summed E-state index contributed by atoms with van der Waals surface area (Å²) in [7, 11) is 0. The number of hydrogen-bond acceptors (Lipinski definition) is 1. The van der Waals surface area contributed by atoms with Crippen molar-refractivity contribution >= 4 is 0 Å². The zero-order chi connectivity index (χ0) is 11.1. The summed E-state index contributed by atoms with van der Waals surface area (Å²) in [5.41, 5.74) is 2.56. The zero-order valence-corrected chi connectivity index (χ0v) is 9.79. The van der Waals surface area contributed by atoms with Crippen molar-refractivity contribution in [2.24, 2.45) is 0 Å². The van der Waals surface area contributed by atoms with E-state index in [1.807, 2.05) is 6.08 Å². The zero-order valence-electron chi connectivity index (χ0n) is 9.79. The third kappa shape index (κ3) is 3.43. The van der Waals surface area contributed by atoms with Crippen LogP contribution in [0.5, 0.6) is 0 Å². The summed E-state index contributed by atoms with van der Waals surface area (Å²) in [6, 6.07) is 0.280. The van der Waals surface area contributed by atoms with Gasteiger partial charge in [0.05, 0.1) is 6.04 Å². The van der Waals surface area contributed by atoms with Crippen molar-refractivity contribution in [1.82, 2.24) is 5.32 Å². The van der Waals surface area contributed by atoms with Crippen molar-refractivity contribution in [3.05, 3.63) is 48.2 Å². The van der Waals surface area contributed by atoms with E-state index in [9.17, 15) is 0 Å². The third-order valence-corrected chi connectivity index (χ3v) is 2.43. The maximum atomic E-state index is 3.81. The molecule has 0 spiro atoms. The minimum absolute atomic E-state index is 0.280. The van der Waals surface area contributed by atoms with Gasteiger partial charge in [0.15, 0.2) is 0 Å². The fourth-order valence-corrected chi connectivity index (χ4v) is 1.61. The van der Waals surface area contributed by atoms with E-state index in [0.29, 0.717) is 0 Å². The van der Waals surface area contributed by atoms with Crippen molar-refractivity contribution in [3.63, 3.8) is 0 Å².